The van der Waals surface area contributed by atoms with Crippen LogP contribution in [0, 0.1) is 0 Å². The zero-order valence-corrected chi connectivity index (χ0v) is 12.8. The van der Waals surface area contributed by atoms with E-state index in [9.17, 15) is 20.1 Å². The normalized spacial score (nSPS) is 32.3. The van der Waals surface area contributed by atoms with E-state index >= 15 is 0 Å². The van der Waals surface area contributed by atoms with E-state index in [0.717, 1.165) is 0 Å². The van der Waals surface area contributed by atoms with Crippen LogP contribution < -0.4 is 0 Å². The number of aliphatic hydroxyl groups excluding tert-OH is 3. The molecule has 0 saturated carbocycles. The Labute approximate surface area is 129 Å². The Morgan fingerprint density at radius 2 is 2.05 bits per heavy atom. The van der Waals surface area contributed by atoms with Crippen LogP contribution in [-0.4, -0.2) is 63.2 Å². The third kappa shape index (κ3) is 4.89. The third-order valence-corrected chi connectivity index (χ3v) is 3.70. The number of aliphatic carboxylic acids is 1. The maximum absolute atomic E-state index is 10.7. The fraction of sp³-hybridized carbons (Fsp3) is 0.667. The molecule has 4 N–H and O–H groups in total. The van der Waals surface area contributed by atoms with Crippen molar-refractivity contribution in [3.8, 4) is 0 Å². The van der Waals surface area contributed by atoms with E-state index in [1.165, 1.54) is 13.0 Å². The predicted molar refractivity (Wildman–Crippen MR) is 78.1 cm³/mol. The van der Waals surface area contributed by atoms with Crippen molar-refractivity contribution in [3.05, 3.63) is 24.3 Å². The number of carbonyl (C=O) groups is 1. The molecule has 22 heavy (non-hydrogen) atoms. The Kier molecular flexibility index (Phi) is 6.70. The topological polar surface area (TPSA) is 116 Å². The molecule has 7 nitrogen and oxygen atoms in total. The Balaban J connectivity index is 2.64. The molecule has 126 valence electrons. The van der Waals surface area contributed by atoms with E-state index in [4.69, 9.17) is 14.6 Å². The first-order valence-corrected chi connectivity index (χ1v) is 7.07. The molecule has 1 saturated heterocycles. The second-order valence-electron chi connectivity index (χ2n) is 5.62. The molecular formula is C15H24O7. The first-order valence-electron chi connectivity index (χ1n) is 7.07. The van der Waals surface area contributed by atoms with Crippen molar-refractivity contribution in [1.29, 1.82) is 0 Å². The maximum atomic E-state index is 10.7. The maximum Gasteiger partial charge on any atom is 0.330 e. The zero-order valence-electron chi connectivity index (χ0n) is 12.8. The standard InChI is InChI=1S/C15H24O7/c1-4-15(3,7-5-6-9(2)13(19)20)22-14-12(18)11(17)10(16)8-21-14/h4,6,10-12,14,16-18H,1,5,7-8H2,2-3H3,(H,19,20)/b9-6+/t10-,11-,12+,14-,15-/m0/s1. The summed E-state index contributed by atoms with van der Waals surface area (Å²) in [5.41, 5.74) is -0.637. The van der Waals surface area contributed by atoms with Crippen LogP contribution in [0.5, 0.6) is 0 Å². The van der Waals surface area contributed by atoms with Gasteiger partial charge in [-0.1, -0.05) is 12.2 Å². The van der Waals surface area contributed by atoms with E-state index in [1.54, 1.807) is 13.0 Å². The fourth-order valence-corrected chi connectivity index (χ4v) is 2.02. The van der Waals surface area contributed by atoms with E-state index in [0.29, 0.717) is 12.8 Å². The van der Waals surface area contributed by atoms with Crippen molar-refractivity contribution in [3.63, 3.8) is 0 Å². The number of carboxylic acids is 1. The average Bonchev–Trinajstić information content (AvgIpc) is 2.47. The molecule has 5 atom stereocenters. The van der Waals surface area contributed by atoms with Crippen molar-refractivity contribution < 1.29 is 34.7 Å². The highest BCUT2D eigenvalue weighted by molar-refractivity contribution is 5.85. The van der Waals surface area contributed by atoms with E-state index in [2.05, 4.69) is 6.58 Å². The Bertz CT molecular complexity index is 434. The monoisotopic (exact) mass is 316 g/mol. The number of rotatable bonds is 7. The van der Waals surface area contributed by atoms with Crippen LogP contribution in [0.3, 0.4) is 0 Å². The minimum absolute atomic E-state index is 0.145. The van der Waals surface area contributed by atoms with Crippen molar-refractivity contribution >= 4 is 5.97 Å². The van der Waals surface area contributed by atoms with Crippen molar-refractivity contribution in [2.75, 3.05) is 6.61 Å². The minimum atomic E-state index is -1.38. The van der Waals surface area contributed by atoms with Gasteiger partial charge in [-0.25, -0.2) is 4.79 Å². The highest BCUT2D eigenvalue weighted by atomic mass is 16.7. The molecule has 0 radical (unpaired) electrons. The molecule has 0 bridgehead atoms. The van der Waals surface area contributed by atoms with Crippen LogP contribution in [0.15, 0.2) is 24.3 Å². The molecule has 0 aromatic carbocycles. The highest BCUT2D eigenvalue weighted by Gasteiger charge is 2.41. The molecule has 1 heterocycles. The van der Waals surface area contributed by atoms with Crippen LogP contribution in [0.2, 0.25) is 0 Å². The first-order chi connectivity index (χ1) is 10.2. The molecule has 0 aliphatic carbocycles. The van der Waals surface area contributed by atoms with Gasteiger partial charge in [0.25, 0.3) is 0 Å². The molecule has 0 aromatic rings. The lowest BCUT2D eigenvalue weighted by molar-refractivity contribution is -0.292. The molecule has 1 rings (SSSR count). The number of ether oxygens (including phenoxy) is 2. The lowest BCUT2D eigenvalue weighted by atomic mass is 9.98. The van der Waals surface area contributed by atoms with Gasteiger partial charge in [-0.05, 0) is 26.7 Å². The van der Waals surface area contributed by atoms with Crippen LogP contribution in [0.1, 0.15) is 26.7 Å². The minimum Gasteiger partial charge on any atom is -0.478 e. The lowest BCUT2D eigenvalue weighted by Gasteiger charge is -2.39. The van der Waals surface area contributed by atoms with Gasteiger partial charge in [0, 0.05) is 5.57 Å². The summed E-state index contributed by atoms with van der Waals surface area (Å²) >= 11 is 0. The van der Waals surface area contributed by atoms with Crippen molar-refractivity contribution in [2.24, 2.45) is 0 Å². The van der Waals surface area contributed by atoms with E-state index in [-0.39, 0.29) is 12.2 Å². The number of hydrogen-bond donors (Lipinski definition) is 4. The molecule has 0 amide bonds. The average molecular weight is 316 g/mol. The summed E-state index contributed by atoms with van der Waals surface area (Å²) in [7, 11) is 0. The van der Waals surface area contributed by atoms with Gasteiger partial charge in [-0.3, -0.25) is 0 Å². The molecular weight excluding hydrogens is 292 g/mol. The third-order valence-electron chi connectivity index (χ3n) is 3.70. The van der Waals surface area contributed by atoms with Crippen LogP contribution in [0.4, 0.5) is 0 Å². The van der Waals surface area contributed by atoms with Crippen molar-refractivity contribution in [1.82, 2.24) is 0 Å². The molecule has 1 aliphatic heterocycles. The summed E-state index contributed by atoms with van der Waals surface area (Å²) in [6.07, 6.45) is -1.01. The second-order valence-corrected chi connectivity index (χ2v) is 5.62. The SMILES string of the molecule is C=C[C@@](C)(CC/C=C(\C)C(=O)O)O[C@@H]1OC[C@H](O)[C@H](O)[C@H]1O. The predicted octanol–water partition coefficient (Wildman–Crippen LogP) is 0.198. The van der Waals surface area contributed by atoms with Crippen LogP contribution >= 0.6 is 0 Å². The largest absolute Gasteiger partial charge is 0.478 e. The Hall–Kier alpha value is -1.25. The number of allylic oxidation sites excluding steroid dienone is 1. The van der Waals surface area contributed by atoms with Crippen LogP contribution in [0.25, 0.3) is 0 Å². The number of hydrogen-bond acceptors (Lipinski definition) is 6. The molecule has 0 spiro atoms. The second kappa shape index (κ2) is 7.85. The quantitative estimate of drug-likeness (QED) is 0.391. The van der Waals surface area contributed by atoms with Gasteiger partial charge < -0.3 is 29.9 Å². The summed E-state index contributed by atoms with van der Waals surface area (Å²) < 4.78 is 10.9. The van der Waals surface area contributed by atoms with Crippen molar-refractivity contribution in [2.45, 2.75) is 56.9 Å². The molecule has 0 unspecified atom stereocenters. The van der Waals surface area contributed by atoms with Crippen LogP contribution in [-0.2, 0) is 14.3 Å². The summed E-state index contributed by atoms with van der Waals surface area (Å²) in [5.74, 6) is -0.982. The highest BCUT2D eigenvalue weighted by Crippen LogP contribution is 2.26. The lowest BCUT2D eigenvalue weighted by Crippen LogP contribution is -2.55. The van der Waals surface area contributed by atoms with Gasteiger partial charge in [-0.2, -0.15) is 0 Å². The van der Waals surface area contributed by atoms with Gasteiger partial charge in [0.2, 0.25) is 0 Å². The first kappa shape index (κ1) is 18.8. The molecule has 1 fully saturated rings. The van der Waals surface area contributed by atoms with E-state index < -0.39 is 36.2 Å². The smallest absolute Gasteiger partial charge is 0.330 e. The van der Waals surface area contributed by atoms with Gasteiger partial charge in [0.15, 0.2) is 6.29 Å². The summed E-state index contributed by atoms with van der Waals surface area (Å²) in [6.45, 7) is 6.75. The zero-order chi connectivity index (χ0) is 16.9. The fourth-order valence-electron chi connectivity index (χ4n) is 2.02. The molecule has 7 heteroatoms. The van der Waals surface area contributed by atoms with E-state index in [1.807, 2.05) is 0 Å². The van der Waals surface area contributed by atoms with Gasteiger partial charge in [0.1, 0.15) is 18.3 Å². The Morgan fingerprint density at radius 1 is 1.41 bits per heavy atom. The van der Waals surface area contributed by atoms with Gasteiger partial charge in [0.05, 0.1) is 12.2 Å². The van der Waals surface area contributed by atoms with Gasteiger partial charge in [-0.15, -0.1) is 6.58 Å². The van der Waals surface area contributed by atoms with Gasteiger partial charge >= 0.3 is 5.97 Å². The molecule has 0 aromatic heterocycles. The summed E-state index contributed by atoms with van der Waals surface area (Å²) in [4.78, 5) is 10.7. The number of aliphatic hydroxyl groups is 3. The summed E-state index contributed by atoms with van der Waals surface area (Å²) in [6, 6.07) is 0. The Morgan fingerprint density at radius 3 is 2.59 bits per heavy atom. The molecule has 1 aliphatic rings. The summed E-state index contributed by atoms with van der Waals surface area (Å²) in [5, 5.41) is 37.7. The number of carboxylic acid groups (broad SMARTS) is 1.